The zero-order chi connectivity index (χ0) is 16.6. The van der Waals surface area contributed by atoms with Crippen molar-refractivity contribution in [2.75, 3.05) is 6.54 Å². The average molecular weight is 315 g/mol. The van der Waals surface area contributed by atoms with Crippen molar-refractivity contribution in [3.8, 4) is 0 Å². The number of rotatable bonds is 3. The Hall–Kier alpha value is -2.17. The van der Waals surface area contributed by atoms with Crippen LogP contribution < -0.4 is 0 Å². The van der Waals surface area contributed by atoms with Crippen LogP contribution in [-0.4, -0.2) is 33.2 Å². The van der Waals surface area contributed by atoms with Gasteiger partial charge in [-0.3, -0.25) is 4.79 Å². The number of hydrogen-bond donors (Lipinski definition) is 0. The summed E-state index contributed by atoms with van der Waals surface area (Å²) in [7, 11) is 1.52. The number of likely N-dealkylation sites (tertiary alicyclic amines) is 1. The second kappa shape index (κ2) is 6.14. The lowest BCUT2D eigenvalue weighted by Crippen LogP contribution is -2.37. The number of amides is 1. The van der Waals surface area contributed by atoms with Gasteiger partial charge in [0, 0.05) is 19.6 Å². The Morgan fingerprint density at radius 2 is 2.04 bits per heavy atom. The van der Waals surface area contributed by atoms with Gasteiger partial charge in [-0.25, -0.2) is 4.68 Å². The highest BCUT2D eigenvalue weighted by atomic mass is 19.1. The molecule has 4 nitrogen and oxygen atoms in total. The van der Waals surface area contributed by atoms with E-state index in [9.17, 15) is 9.18 Å². The molecule has 0 saturated carbocycles. The zero-order valence-corrected chi connectivity index (χ0v) is 13.8. The maximum atomic E-state index is 14.2. The minimum absolute atomic E-state index is 0.0988. The van der Waals surface area contributed by atoms with E-state index in [2.05, 4.69) is 24.2 Å². The third-order valence-electron chi connectivity index (χ3n) is 4.88. The van der Waals surface area contributed by atoms with E-state index >= 15 is 0 Å². The van der Waals surface area contributed by atoms with Crippen LogP contribution in [0.4, 0.5) is 4.39 Å². The molecule has 2 atom stereocenters. The van der Waals surface area contributed by atoms with Gasteiger partial charge in [0.05, 0.1) is 5.69 Å². The van der Waals surface area contributed by atoms with Gasteiger partial charge in [-0.15, -0.1) is 0 Å². The summed E-state index contributed by atoms with van der Waals surface area (Å²) < 4.78 is 15.3. The Labute approximate surface area is 135 Å². The van der Waals surface area contributed by atoms with E-state index < -0.39 is 5.95 Å². The number of halogens is 1. The summed E-state index contributed by atoms with van der Waals surface area (Å²) in [6.07, 6.45) is 1.89. The number of hydrogen-bond acceptors (Lipinski definition) is 2. The van der Waals surface area contributed by atoms with Crippen LogP contribution in [0.25, 0.3) is 0 Å². The van der Waals surface area contributed by atoms with Gasteiger partial charge in [-0.05, 0) is 38.2 Å². The Balaban J connectivity index is 1.76. The minimum Gasteiger partial charge on any atom is -0.335 e. The highest BCUT2D eigenvalue weighted by Crippen LogP contribution is 2.29. The first kappa shape index (κ1) is 15.7. The number of aryl methyl sites for hydroxylation is 2. The molecule has 0 bridgehead atoms. The lowest BCUT2D eigenvalue weighted by molar-refractivity contribution is 0.0726. The summed E-state index contributed by atoms with van der Waals surface area (Å²) >= 11 is 0. The molecule has 1 aromatic heterocycles. The van der Waals surface area contributed by atoms with E-state index in [0.717, 1.165) is 17.5 Å². The van der Waals surface area contributed by atoms with Crippen LogP contribution in [-0.2, 0) is 13.5 Å². The molecule has 1 aromatic carbocycles. The van der Waals surface area contributed by atoms with Gasteiger partial charge in [-0.2, -0.15) is 9.49 Å². The van der Waals surface area contributed by atoms with E-state index in [0.29, 0.717) is 18.2 Å². The smallest absolute Gasteiger partial charge is 0.260 e. The van der Waals surface area contributed by atoms with Gasteiger partial charge in [-0.1, -0.05) is 30.3 Å². The van der Waals surface area contributed by atoms with E-state index in [1.807, 2.05) is 18.2 Å². The van der Waals surface area contributed by atoms with Gasteiger partial charge in [0.2, 0.25) is 5.95 Å². The fourth-order valence-electron chi connectivity index (χ4n) is 3.50. The molecular formula is C18H22FN3O. The van der Waals surface area contributed by atoms with E-state index in [4.69, 9.17) is 0 Å². The molecular weight excluding hydrogens is 293 g/mol. The molecule has 1 aliphatic rings. The molecule has 3 rings (SSSR count). The third kappa shape index (κ3) is 2.87. The molecule has 1 fully saturated rings. The first-order valence-corrected chi connectivity index (χ1v) is 8.03. The summed E-state index contributed by atoms with van der Waals surface area (Å²) in [5.41, 5.74) is 1.84. The Kier molecular flexibility index (Phi) is 4.20. The van der Waals surface area contributed by atoms with Crippen LogP contribution in [0, 0.1) is 18.8 Å². The lowest BCUT2D eigenvalue weighted by Gasteiger charge is -2.24. The fraction of sp³-hybridized carbons (Fsp3) is 0.444. The molecule has 2 heterocycles. The number of carbonyl (C=O) groups is 1. The van der Waals surface area contributed by atoms with E-state index in [1.54, 1.807) is 11.8 Å². The molecule has 0 N–H and O–H groups in total. The predicted octanol–water partition coefficient (Wildman–Crippen LogP) is 2.96. The first-order chi connectivity index (χ1) is 11.0. The largest absolute Gasteiger partial charge is 0.335 e. The number of nitrogens with zero attached hydrogens (tertiary/aromatic N) is 3. The van der Waals surface area contributed by atoms with Gasteiger partial charge in [0.1, 0.15) is 5.56 Å². The lowest BCUT2D eigenvalue weighted by atomic mass is 9.93. The van der Waals surface area contributed by atoms with Crippen molar-refractivity contribution in [2.24, 2.45) is 13.0 Å². The number of aromatic nitrogens is 2. The van der Waals surface area contributed by atoms with Crippen molar-refractivity contribution in [2.45, 2.75) is 32.7 Å². The molecule has 122 valence electrons. The monoisotopic (exact) mass is 315 g/mol. The molecule has 5 heteroatoms. The Morgan fingerprint density at radius 1 is 1.35 bits per heavy atom. The van der Waals surface area contributed by atoms with Crippen molar-refractivity contribution in [3.05, 3.63) is 53.1 Å². The first-order valence-electron chi connectivity index (χ1n) is 8.03. The van der Waals surface area contributed by atoms with Crippen LogP contribution in [0.3, 0.4) is 0 Å². The molecule has 0 radical (unpaired) electrons. The van der Waals surface area contributed by atoms with Crippen molar-refractivity contribution in [1.29, 1.82) is 0 Å². The highest BCUT2D eigenvalue weighted by Gasteiger charge is 2.36. The standard InChI is InChI=1S/C18H22FN3O/c1-12-16(17(19)21(3)20-12)18(23)22-10-9-15(13(22)2)11-14-7-5-4-6-8-14/h4-8,13,15H,9-11H2,1-3H3. The second-order valence-electron chi connectivity index (χ2n) is 6.35. The summed E-state index contributed by atoms with van der Waals surface area (Å²) in [6, 6.07) is 10.4. The average Bonchev–Trinajstić information content (AvgIpc) is 3.01. The number of benzene rings is 1. The SMILES string of the molecule is Cc1nn(C)c(F)c1C(=O)N1CCC(Cc2ccccc2)C1C. The Morgan fingerprint density at radius 3 is 2.65 bits per heavy atom. The predicted molar refractivity (Wildman–Crippen MR) is 86.7 cm³/mol. The van der Waals surface area contributed by atoms with Crippen LogP contribution >= 0.6 is 0 Å². The molecule has 2 aromatic rings. The highest BCUT2D eigenvalue weighted by molar-refractivity contribution is 5.95. The minimum atomic E-state index is -0.550. The topological polar surface area (TPSA) is 38.1 Å². The quantitative estimate of drug-likeness (QED) is 0.873. The van der Waals surface area contributed by atoms with E-state index in [1.165, 1.54) is 12.6 Å². The van der Waals surface area contributed by atoms with E-state index in [-0.39, 0.29) is 17.5 Å². The fourth-order valence-corrected chi connectivity index (χ4v) is 3.50. The van der Waals surface area contributed by atoms with Crippen LogP contribution in [0.15, 0.2) is 30.3 Å². The summed E-state index contributed by atoms with van der Waals surface area (Å²) in [5.74, 6) is -0.385. The zero-order valence-electron chi connectivity index (χ0n) is 13.8. The molecule has 0 spiro atoms. The maximum Gasteiger partial charge on any atom is 0.260 e. The maximum absolute atomic E-state index is 14.2. The molecule has 23 heavy (non-hydrogen) atoms. The molecule has 1 saturated heterocycles. The van der Waals surface area contributed by atoms with Crippen molar-refractivity contribution in [1.82, 2.24) is 14.7 Å². The summed E-state index contributed by atoms with van der Waals surface area (Å²) in [6.45, 7) is 4.41. The molecule has 2 unspecified atom stereocenters. The van der Waals surface area contributed by atoms with Crippen LogP contribution in [0.1, 0.15) is 35.0 Å². The summed E-state index contributed by atoms with van der Waals surface area (Å²) in [5, 5.41) is 4.01. The molecule has 0 aliphatic carbocycles. The van der Waals surface area contributed by atoms with Gasteiger partial charge in [0.15, 0.2) is 0 Å². The molecule has 1 aliphatic heterocycles. The van der Waals surface area contributed by atoms with Crippen molar-refractivity contribution in [3.63, 3.8) is 0 Å². The van der Waals surface area contributed by atoms with Gasteiger partial charge < -0.3 is 4.90 Å². The van der Waals surface area contributed by atoms with Crippen molar-refractivity contribution < 1.29 is 9.18 Å². The van der Waals surface area contributed by atoms with Crippen LogP contribution in [0.2, 0.25) is 0 Å². The number of carbonyl (C=O) groups excluding carboxylic acids is 1. The second-order valence-corrected chi connectivity index (χ2v) is 6.35. The Bertz CT molecular complexity index is 711. The van der Waals surface area contributed by atoms with Crippen molar-refractivity contribution >= 4 is 5.91 Å². The molecule has 1 amide bonds. The van der Waals surface area contributed by atoms with Crippen LogP contribution in [0.5, 0.6) is 0 Å². The summed E-state index contributed by atoms with van der Waals surface area (Å²) in [4.78, 5) is 14.5. The third-order valence-corrected chi connectivity index (χ3v) is 4.88. The van der Waals surface area contributed by atoms with Gasteiger partial charge in [0.25, 0.3) is 5.91 Å². The van der Waals surface area contributed by atoms with Gasteiger partial charge >= 0.3 is 0 Å². The normalized spacial score (nSPS) is 21.0.